The maximum absolute atomic E-state index is 5.05. The van der Waals surface area contributed by atoms with Crippen LogP contribution in [0.1, 0.15) is 0 Å². The highest BCUT2D eigenvalue weighted by atomic mass is 16.7. The highest BCUT2D eigenvalue weighted by Crippen LogP contribution is 2.08. The first kappa shape index (κ1) is 6.54. The molecule has 2 atom stereocenters. The highest BCUT2D eigenvalue weighted by Gasteiger charge is 2.24. The molecule has 0 amide bonds. The van der Waals surface area contributed by atoms with Gasteiger partial charge in [0.1, 0.15) is 6.10 Å². The molecule has 0 aliphatic carbocycles. The number of hydroxylamine groups is 1. The molecule has 2 unspecified atom stereocenters. The largest absolute Gasteiger partial charge is 0.372 e. The maximum atomic E-state index is 5.05. The second-order valence-corrected chi connectivity index (χ2v) is 2.57. The molecule has 0 radical (unpaired) electrons. The molecule has 0 aromatic carbocycles. The van der Waals surface area contributed by atoms with Gasteiger partial charge >= 0.3 is 0 Å². The quantitative estimate of drug-likeness (QED) is 0.316. The van der Waals surface area contributed by atoms with Gasteiger partial charge < -0.3 is 9.47 Å². The molecule has 2 aliphatic heterocycles. The van der Waals surface area contributed by atoms with E-state index < -0.39 is 0 Å². The lowest BCUT2D eigenvalue weighted by atomic mass is 10.5. The third kappa shape index (κ3) is 2.22. The van der Waals surface area contributed by atoms with Crippen molar-refractivity contribution in [3.05, 3.63) is 0 Å². The molecule has 4 heteroatoms. The number of rotatable bonds is 5. The van der Waals surface area contributed by atoms with E-state index in [-0.39, 0.29) is 0 Å². The second kappa shape index (κ2) is 2.84. The van der Waals surface area contributed by atoms with E-state index >= 15 is 0 Å². The lowest BCUT2D eigenvalue weighted by molar-refractivity contribution is 0.0276. The Labute approximate surface area is 59.4 Å². The summed E-state index contributed by atoms with van der Waals surface area (Å²) in [6, 6.07) is 0. The summed E-state index contributed by atoms with van der Waals surface area (Å²) in [6.45, 7) is 3.18. The van der Waals surface area contributed by atoms with Crippen molar-refractivity contribution in [1.29, 1.82) is 0 Å². The Morgan fingerprint density at radius 2 is 2.00 bits per heavy atom. The SMILES string of the molecule is C(NOCC1CO1)C1CO1. The third-order valence-corrected chi connectivity index (χ3v) is 1.49. The van der Waals surface area contributed by atoms with Crippen molar-refractivity contribution >= 4 is 0 Å². The Morgan fingerprint density at radius 1 is 1.30 bits per heavy atom. The van der Waals surface area contributed by atoms with Gasteiger partial charge in [-0.15, -0.1) is 0 Å². The van der Waals surface area contributed by atoms with E-state index in [1.54, 1.807) is 0 Å². The fourth-order valence-corrected chi connectivity index (χ4v) is 0.654. The standard InChI is InChI=1S/C6H11NO3/c1(5-2-8-5)7-10-4-6-3-9-6/h5-7H,1-4H2. The van der Waals surface area contributed by atoms with Gasteiger partial charge in [-0.25, -0.2) is 0 Å². The van der Waals surface area contributed by atoms with Gasteiger partial charge in [-0.2, -0.15) is 5.48 Å². The van der Waals surface area contributed by atoms with Crippen LogP contribution >= 0.6 is 0 Å². The van der Waals surface area contributed by atoms with Gasteiger partial charge in [0.2, 0.25) is 0 Å². The Kier molecular flexibility index (Phi) is 1.86. The molecule has 2 rings (SSSR count). The fraction of sp³-hybridized carbons (Fsp3) is 1.00. The Morgan fingerprint density at radius 3 is 2.60 bits per heavy atom. The Bertz CT molecular complexity index is 97.6. The van der Waals surface area contributed by atoms with Crippen molar-refractivity contribution in [2.75, 3.05) is 26.4 Å². The minimum absolute atomic E-state index is 0.340. The van der Waals surface area contributed by atoms with Crippen LogP contribution in [0.5, 0.6) is 0 Å². The molecule has 2 fully saturated rings. The van der Waals surface area contributed by atoms with Crippen molar-refractivity contribution in [2.45, 2.75) is 12.2 Å². The number of ether oxygens (including phenoxy) is 2. The third-order valence-electron chi connectivity index (χ3n) is 1.49. The number of hydrogen-bond acceptors (Lipinski definition) is 4. The molecule has 4 nitrogen and oxygen atoms in total. The van der Waals surface area contributed by atoms with Crippen LogP contribution in [-0.2, 0) is 14.3 Å². The van der Waals surface area contributed by atoms with Crippen molar-refractivity contribution in [1.82, 2.24) is 5.48 Å². The van der Waals surface area contributed by atoms with Gasteiger partial charge in [-0.1, -0.05) is 0 Å². The van der Waals surface area contributed by atoms with E-state index in [0.717, 1.165) is 19.8 Å². The lowest BCUT2D eigenvalue weighted by Gasteiger charge is -1.99. The predicted molar refractivity (Wildman–Crippen MR) is 33.4 cm³/mol. The van der Waals surface area contributed by atoms with Gasteiger partial charge in [0.15, 0.2) is 0 Å². The van der Waals surface area contributed by atoms with Crippen LogP contribution < -0.4 is 5.48 Å². The molecule has 0 aromatic rings. The van der Waals surface area contributed by atoms with Crippen LogP contribution in [0.2, 0.25) is 0 Å². The minimum Gasteiger partial charge on any atom is -0.372 e. The van der Waals surface area contributed by atoms with Gasteiger partial charge in [-0.3, -0.25) is 4.84 Å². The predicted octanol–water partition coefficient (Wildman–Crippen LogP) is -0.695. The summed E-state index contributed by atoms with van der Waals surface area (Å²) < 4.78 is 9.89. The zero-order valence-electron chi connectivity index (χ0n) is 5.71. The van der Waals surface area contributed by atoms with Crippen LogP contribution in [0.4, 0.5) is 0 Å². The van der Waals surface area contributed by atoms with E-state index in [4.69, 9.17) is 14.3 Å². The van der Waals surface area contributed by atoms with Crippen molar-refractivity contribution in [3.63, 3.8) is 0 Å². The van der Waals surface area contributed by atoms with E-state index in [1.807, 2.05) is 0 Å². The molecule has 10 heavy (non-hydrogen) atoms. The number of epoxide rings is 2. The van der Waals surface area contributed by atoms with E-state index in [9.17, 15) is 0 Å². The van der Waals surface area contributed by atoms with Gasteiger partial charge in [0.25, 0.3) is 0 Å². The highest BCUT2D eigenvalue weighted by molar-refractivity contribution is 4.70. The average Bonchev–Trinajstić information content (AvgIpc) is 2.77. The smallest absolute Gasteiger partial charge is 0.106 e. The van der Waals surface area contributed by atoms with Crippen LogP contribution in [-0.4, -0.2) is 38.6 Å². The summed E-state index contributed by atoms with van der Waals surface area (Å²) in [7, 11) is 0. The summed E-state index contributed by atoms with van der Waals surface area (Å²) in [5.74, 6) is 0. The fourth-order valence-electron chi connectivity index (χ4n) is 0.654. The first-order valence-electron chi connectivity index (χ1n) is 3.53. The van der Waals surface area contributed by atoms with E-state index in [0.29, 0.717) is 18.8 Å². The summed E-state index contributed by atoms with van der Waals surface area (Å²) in [4.78, 5) is 5.05. The van der Waals surface area contributed by atoms with Crippen molar-refractivity contribution in [2.24, 2.45) is 0 Å². The molecule has 2 aliphatic rings. The monoisotopic (exact) mass is 145 g/mol. The van der Waals surface area contributed by atoms with Crippen molar-refractivity contribution < 1.29 is 14.3 Å². The maximum Gasteiger partial charge on any atom is 0.106 e. The normalized spacial score (nSPS) is 36.0. The Balaban J connectivity index is 1.40. The van der Waals surface area contributed by atoms with Gasteiger partial charge in [0.05, 0.1) is 25.9 Å². The second-order valence-electron chi connectivity index (χ2n) is 2.57. The molecular weight excluding hydrogens is 134 g/mol. The van der Waals surface area contributed by atoms with Crippen LogP contribution in [0.25, 0.3) is 0 Å². The summed E-state index contributed by atoms with van der Waals surface area (Å²) in [6.07, 6.45) is 0.729. The zero-order valence-corrected chi connectivity index (χ0v) is 5.71. The molecule has 58 valence electrons. The van der Waals surface area contributed by atoms with Crippen LogP contribution in [0.15, 0.2) is 0 Å². The molecule has 0 bridgehead atoms. The Hall–Kier alpha value is -0.160. The zero-order chi connectivity index (χ0) is 6.81. The van der Waals surface area contributed by atoms with E-state index in [1.165, 1.54) is 0 Å². The molecule has 2 saturated heterocycles. The summed E-state index contributed by atoms with van der Waals surface area (Å²) in [5.41, 5.74) is 2.81. The molecule has 2 heterocycles. The van der Waals surface area contributed by atoms with E-state index in [2.05, 4.69) is 5.48 Å². The van der Waals surface area contributed by atoms with Crippen LogP contribution in [0, 0.1) is 0 Å². The van der Waals surface area contributed by atoms with Gasteiger partial charge in [0, 0.05) is 6.54 Å². The molecule has 0 spiro atoms. The van der Waals surface area contributed by atoms with Gasteiger partial charge in [-0.05, 0) is 0 Å². The minimum atomic E-state index is 0.340. The summed E-state index contributed by atoms with van der Waals surface area (Å²) >= 11 is 0. The number of nitrogens with one attached hydrogen (secondary N) is 1. The molecule has 0 aromatic heterocycles. The van der Waals surface area contributed by atoms with Crippen LogP contribution in [0.3, 0.4) is 0 Å². The summed E-state index contributed by atoms with van der Waals surface area (Å²) in [5, 5.41) is 0. The molecular formula is C6H11NO3. The molecule has 0 saturated carbocycles. The molecule has 1 N–H and O–H groups in total. The first-order valence-corrected chi connectivity index (χ1v) is 3.53. The lowest BCUT2D eigenvalue weighted by Crippen LogP contribution is -2.22. The number of hydrogen-bond donors (Lipinski definition) is 1. The topological polar surface area (TPSA) is 46.3 Å². The first-order chi connectivity index (χ1) is 4.95. The van der Waals surface area contributed by atoms with Crippen molar-refractivity contribution in [3.8, 4) is 0 Å². The average molecular weight is 145 g/mol.